The Morgan fingerprint density at radius 3 is 2.83 bits per heavy atom. The van der Waals surface area contributed by atoms with Crippen LogP contribution in [0.5, 0.6) is 0 Å². The molecule has 8 nitrogen and oxygen atoms in total. The highest BCUT2D eigenvalue weighted by molar-refractivity contribution is 7.88. The molecule has 1 unspecified atom stereocenters. The van der Waals surface area contributed by atoms with Gasteiger partial charge in [0.2, 0.25) is 15.9 Å². The number of fused-ring (bicyclic) bond motifs is 1. The molecular formula is C14H24N4O4S. The molecule has 1 N–H and O–H groups in total. The molecule has 1 aliphatic heterocycles. The zero-order valence-corrected chi connectivity index (χ0v) is 14.6. The second-order valence-corrected chi connectivity index (χ2v) is 7.63. The highest BCUT2D eigenvalue weighted by Gasteiger charge is 2.23. The van der Waals surface area contributed by atoms with E-state index in [0.29, 0.717) is 32.6 Å². The fraction of sp³-hybridized carbons (Fsp3) is 0.714. The molecule has 0 aromatic carbocycles. The van der Waals surface area contributed by atoms with Crippen molar-refractivity contribution in [3.63, 3.8) is 0 Å². The lowest BCUT2D eigenvalue weighted by Crippen LogP contribution is -2.35. The molecule has 1 aromatic rings. The van der Waals surface area contributed by atoms with Crippen LogP contribution < -0.4 is 5.32 Å². The van der Waals surface area contributed by atoms with Gasteiger partial charge in [0.05, 0.1) is 30.7 Å². The van der Waals surface area contributed by atoms with Gasteiger partial charge in [0, 0.05) is 20.2 Å². The number of nitrogens with one attached hydrogen (secondary N) is 1. The first-order valence-corrected chi connectivity index (χ1v) is 9.51. The number of methoxy groups -OCH3 is 1. The van der Waals surface area contributed by atoms with E-state index in [1.165, 1.54) is 17.7 Å². The van der Waals surface area contributed by atoms with Gasteiger partial charge in [-0.1, -0.05) is 6.92 Å². The highest BCUT2D eigenvalue weighted by atomic mass is 32.2. The monoisotopic (exact) mass is 344 g/mol. The average molecular weight is 344 g/mol. The minimum Gasteiger partial charge on any atom is -0.372 e. The second-order valence-electron chi connectivity index (χ2n) is 5.65. The van der Waals surface area contributed by atoms with E-state index in [4.69, 9.17) is 4.74 Å². The Balaban J connectivity index is 2.04. The highest BCUT2D eigenvalue weighted by Crippen LogP contribution is 2.16. The number of nitrogens with zero attached hydrogens (tertiary/aromatic N) is 3. The van der Waals surface area contributed by atoms with Crippen LogP contribution in [0.3, 0.4) is 0 Å². The molecule has 1 aromatic heterocycles. The first-order valence-electron chi connectivity index (χ1n) is 7.66. The number of ether oxygens (including phenoxy) is 1. The van der Waals surface area contributed by atoms with Crippen molar-refractivity contribution >= 4 is 15.9 Å². The van der Waals surface area contributed by atoms with Crippen molar-refractivity contribution < 1.29 is 17.9 Å². The molecule has 0 saturated carbocycles. The molecule has 9 heteroatoms. The molecular weight excluding hydrogens is 320 g/mol. The Labute approximate surface area is 136 Å². The molecule has 0 saturated heterocycles. The second kappa shape index (κ2) is 7.41. The summed E-state index contributed by atoms with van der Waals surface area (Å²) in [6, 6.07) is 1.84. The number of carbonyl (C=O) groups is 1. The first kappa shape index (κ1) is 17.9. The molecule has 0 radical (unpaired) electrons. The Morgan fingerprint density at radius 2 is 2.22 bits per heavy atom. The van der Waals surface area contributed by atoms with Gasteiger partial charge in [0.15, 0.2) is 0 Å². The molecule has 130 valence electrons. The molecule has 2 heterocycles. The van der Waals surface area contributed by atoms with Gasteiger partial charge in [-0.2, -0.15) is 9.40 Å². The van der Waals surface area contributed by atoms with Gasteiger partial charge >= 0.3 is 0 Å². The number of carbonyl (C=O) groups excluding carboxylic acids is 1. The molecule has 0 aliphatic carbocycles. The molecule has 2 rings (SSSR count). The third kappa shape index (κ3) is 4.52. The van der Waals surface area contributed by atoms with Crippen molar-refractivity contribution in [1.29, 1.82) is 0 Å². The van der Waals surface area contributed by atoms with E-state index in [0.717, 1.165) is 17.8 Å². The third-order valence-corrected chi connectivity index (χ3v) is 5.14. The van der Waals surface area contributed by atoms with Crippen LogP contribution in [0.4, 0.5) is 0 Å². The summed E-state index contributed by atoms with van der Waals surface area (Å²) in [6.45, 7) is 3.67. The number of aromatic nitrogens is 2. The lowest BCUT2D eigenvalue weighted by atomic mass is 10.2. The molecule has 1 atom stereocenters. The smallest absolute Gasteiger partial charge is 0.249 e. The predicted molar refractivity (Wildman–Crippen MR) is 85.0 cm³/mol. The summed E-state index contributed by atoms with van der Waals surface area (Å²) in [6.07, 6.45) is 2.08. The van der Waals surface area contributed by atoms with Gasteiger partial charge in [-0.05, 0) is 18.9 Å². The Bertz CT molecular complexity index is 652. The van der Waals surface area contributed by atoms with Crippen LogP contribution in [0.25, 0.3) is 0 Å². The molecule has 0 fully saturated rings. The Morgan fingerprint density at radius 1 is 1.48 bits per heavy atom. The number of hydrogen-bond donors (Lipinski definition) is 1. The number of amides is 1. The van der Waals surface area contributed by atoms with E-state index >= 15 is 0 Å². The summed E-state index contributed by atoms with van der Waals surface area (Å²) in [7, 11) is -1.71. The summed E-state index contributed by atoms with van der Waals surface area (Å²) in [5, 5.41) is 7.25. The quantitative estimate of drug-likeness (QED) is 0.789. The van der Waals surface area contributed by atoms with E-state index in [1.54, 1.807) is 0 Å². The maximum absolute atomic E-state index is 11.9. The number of hydrogen-bond acceptors (Lipinski definition) is 5. The van der Waals surface area contributed by atoms with E-state index < -0.39 is 16.1 Å². The van der Waals surface area contributed by atoms with E-state index in [9.17, 15) is 13.2 Å². The molecule has 23 heavy (non-hydrogen) atoms. The Hall–Kier alpha value is -1.45. The van der Waals surface area contributed by atoms with Crippen LogP contribution in [0, 0.1) is 0 Å². The molecule has 1 aliphatic rings. The van der Waals surface area contributed by atoms with Crippen molar-refractivity contribution in [3.05, 3.63) is 17.5 Å². The summed E-state index contributed by atoms with van der Waals surface area (Å²) in [4.78, 5) is 11.9. The van der Waals surface area contributed by atoms with Crippen molar-refractivity contribution in [3.8, 4) is 0 Å². The first-order chi connectivity index (χ1) is 10.8. The zero-order valence-electron chi connectivity index (χ0n) is 13.8. The van der Waals surface area contributed by atoms with Crippen LogP contribution in [0.1, 0.15) is 31.2 Å². The van der Waals surface area contributed by atoms with Gasteiger partial charge in [0.25, 0.3) is 0 Å². The lowest BCUT2D eigenvalue weighted by molar-refractivity contribution is -0.131. The third-order valence-electron chi connectivity index (χ3n) is 3.89. The minimum atomic E-state index is -3.22. The summed E-state index contributed by atoms with van der Waals surface area (Å²) in [5.74, 6) is -0.170. The van der Waals surface area contributed by atoms with E-state index in [2.05, 4.69) is 10.4 Å². The van der Waals surface area contributed by atoms with Gasteiger partial charge < -0.3 is 10.1 Å². The molecule has 0 bridgehead atoms. The van der Waals surface area contributed by atoms with Crippen LogP contribution in [0.15, 0.2) is 6.07 Å². The van der Waals surface area contributed by atoms with Crippen molar-refractivity contribution in [2.75, 3.05) is 19.9 Å². The van der Waals surface area contributed by atoms with E-state index in [-0.39, 0.29) is 5.91 Å². The molecule has 1 amide bonds. The average Bonchev–Trinajstić information content (AvgIpc) is 2.75. The molecule has 0 spiro atoms. The van der Waals surface area contributed by atoms with Crippen LogP contribution >= 0.6 is 0 Å². The van der Waals surface area contributed by atoms with Crippen LogP contribution in [-0.4, -0.2) is 54.4 Å². The topological polar surface area (TPSA) is 93.5 Å². The van der Waals surface area contributed by atoms with E-state index in [1.807, 2.05) is 17.7 Å². The summed E-state index contributed by atoms with van der Waals surface area (Å²) < 4.78 is 31.8. The summed E-state index contributed by atoms with van der Waals surface area (Å²) in [5.41, 5.74) is 1.56. The summed E-state index contributed by atoms with van der Waals surface area (Å²) >= 11 is 0. The maximum atomic E-state index is 11.9. The van der Waals surface area contributed by atoms with Gasteiger partial charge in [-0.15, -0.1) is 0 Å². The lowest BCUT2D eigenvalue weighted by Gasteiger charge is -2.16. The predicted octanol–water partition coefficient (Wildman–Crippen LogP) is 0.0896. The van der Waals surface area contributed by atoms with Gasteiger partial charge in [0.1, 0.15) is 6.10 Å². The fourth-order valence-corrected chi connectivity index (χ4v) is 3.44. The minimum absolute atomic E-state index is 0.170. The number of aryl methyl sites for hydroxylation is 1. The van der Waals surface area contributed by atoms with Crippen molar-refractivity contribution in [2.24, 2.45) is 0 Å². The standard InChI is InChI=1S/C14H24N4O4S/c1-4-13(22-2)14(19)15-9-11-8-12-10-17(23(3,20)21)6-5-7-18(12)16-11/h8,13H,4-7,9-10H2,1-3H3,(H,15,19). The van der Waals surface area contributed by atoms with Gasteiger partial charge in [-0.3, -0.25) is 9.48 Å². The fourth-order valence-electron chi connectivity index (χ4n) is 2.61. The van der Waals surface area contributed by atoms with Crippen LogP contribution in [0.2, 0.25) is 0 Å². The zero-order chi connectivity index (χ0) is 17.0. The largest absolute Gasteiger partial charge is 0.372 e. The SMILES string of the molecule is CCC(OC)C(=O)NCc1cc2n(n1)CCCN(S(C)(=O)=O)C2. The van der Waals surface area contributed by atoms with Crippen molar-refractivity contribution in [2.45, 2.75) is 45.5 Å². The maximum Gasteiger partial charge on any atom is 0.249 e. The Kier molecular flexibility index (Phi) is 5.77. The number of rotatable bonds is 6. The normalized spacial score (nSPS) is 17.3. The van der Waals surface area contributed by atoms with Crippen LogP contribution in [-0.2, 0) is 39.2 Å². The van der Waals surface area contributed by atoms with Crippen molar-refractivity contribution in [1.82, 2.24) is 19.4 Å². The van der Waals surface area contributed by atoms with Gasteiger partial charge in [-0.25, -0.2) is 8.42 Å². The number of sulfonamides is 1.